The first-order valence-corrected chi connectivity index (χ1v) is 12.2. The molecule has 1 heterocycles. The standard InChI is InChI=1S/C28H27Cl2N3O2/c1-5-35-27-23(29)13-20(14-24(27)30)28(34)31-15-21-16-33(22-9-7-6-8-10-22)32-26(21)25-18(3)11-17(2)12-19(25)4/h6-14,16H,5,15H2,1-4H3,(H,31,34). The summed E-state index contributed by atoms with van der Waals surface area (Å²) in [5.41, 5.74) is 7.60. The smallest absolute Gasteiger partial charge is 0.251 e. The zero-order chi connectivity index (χ0) is 25.1. The molecule has 5 nitrogen and oxygen atoms in total. The molecule has 0 aliphatic heterocycles. The summed E-state index contributed by atoms with van der Waals surface area (Å²) in [7, 11) is 0. The van der Waals surface area contributed by atoms with Crippen molar-refractivity contribution in [1.82, 2.24) is 15.1 Å². The number of carbonyl (C=O) groups is 1. The van der Waals surface area contributed by atoms with Gasteiger partial charge < -0.3 is 10.1 Å². The summed E-state index contributed by atoms with van der Waals surface area (Å²) in [6.07, 6.45) is 1.96. The number of aromatic nitrogens is 2. The van der Waals surface area contributed by atoms with E-state index in [2.05, 4.69) is 38.2 Å². The van der Waals surface area contributed by atoms with Crippen LogP contribution in [0.15, 0.2) is 60.8 Å². The number of rotatable bonds is 7. The van der Waals surface area contributed by atoms with Crippen LogP contribution in [-0.2, 0) is 6.54 Å². The third kappa shape index (κ3) is 5.37. The van der Waals surface area contributed by atoms with E-state index < -0.39 is 0 Å². The van der Waals surface area contributed by atoms with Crippen LogP contribution in [0.2, 0.25) is 10.0 Å². The minimum Gasteiger partial charge on any atom is -0.491 e. The van der Waals surface area contributed by atoms with E-state index in [0.717, 1.165) is 33.6 Å². The Morgan fingerprint density at radius 3 is 2.23 bits per heavy atom. The molecular formula is C28H27Cl2N3O2. The molecule has 0 atom stereocenters. The molecule has 3 aromatic carbocycles. The van der Waals surface area contributed by atoms with Crippen LogP contribution < -0.4 is 10.1 Å². The van der Waals surface area contributed by atoms with E-state index in [1.165, 1.54) is 5.56 Å². The average Bonchev–Trinajstić information content (AvgIpc) is 3.23. The van der Waals surface area contributed by atoms with E-state index in [4.69, 9.17) is 33.0 Å². The number of hydrogen-bond acceptors (Lipinski definition) is 3. The van der Waals surface area contributed by atoms with E-state index in [1.54, 1.807) is 12.1 Å². The number of amides is 1. The summed E-state index contributed by atoms with van der Waals surface area (Å²) in [4.78, 5) is 13.0. The largest absolute Gasteiger partial charge is 0.491 e. The van der Waals surface area contributed by atoms with Crippen molar-refractivity contribution in [3.8, 4) is 22.7 Å². The number of carbonyl (C=O) groups excluding carboxylic acids is 1. The van der Waals surface area contributed by atoms with E-state index in [-0.39, 0.29) is 12.5 Å². The third-order valence-electron chi connectivity index (χ3n) is 5.71. The Bertz CT molecular complexity index is 1330. The Labute approximate surface area is 215 Å². The number of nitrogens with one attached hydrogen (secondary N) is 1. The topological polar surface area (TPSA) is 56.1 Å². The normalized spacial score (nSPS) is 10.9. The summed E-state index contributed by atoms with van der Waals surface area (Å²) in [6, 6.07) is 17.3. The van der Waals surface area contributed by atoms with Crippen LogP contribution in [0.5, 0.6) is 5.75 Å². The predicted molar refractivity (Wildman–Crippen MR) is 142 cm³/mol. The van der Waals surface area contributed by atoms with E-state index in [0.29, 0.717) is 28.0 Å². The highest BCUT2D eigenvalue weighted by Crippen LogP contribution is 2.34. The summed E-state index contributed by atoms with van der Waals surface area (Å²) < 4.78 is 7.31. The summed E-state index contributed by atoms with van der Waals surface area (Å²) >= 11 is 12.6. The number of benzene rings is 3. The Balaban J connectivity index is 1.68. The van der Waals surface area contributed by atoms with Gasteiger partial charge in [0.2, 0.25) is 0 Å². The van der Waals surface area contributed by atoms with Crippen LogP contribution in [0.25, 0.3) is 16.9 Å². The van der Waals surface area contributed by atoms with Gasteiger partial charge in [0.15, 0.2) is 5.75 Å². The molecule has 7 heteroatoms. The van der Waals surface area contributed by atoms with Crippen LogP contribution in [-0.4, -0.2) is 22.3 Å². The third-order valence-corrected chi connectivity index (χ3v) is 6.27. The van der Waals surface area contributed by atoms with Crippen LogP contribution in [0.1, 0.15) is 39.5 Å². The first kappa shape index (κ1) is 24.8. The second-order valence-corrected chi connectivity index (χ2v) is 9.26. The molecule has 0 saturated heterocycles. The number of hydrogen-bond donors (Lipinski definition) is 1. The molecule has 35 heavy (non-hydrogen) atoms. The minimum absolute atomic E-state index is 0.285. The van der Waals surface area contributed by atoms with Gasteiger partial charge in [0.1, 0.15) is 0 Å². The van der Waals surface area contributed by atoms with Gasteiger partial charge in [0.05, 0.1) is 28.0 Å². The fourth-order valence-corrected chi connectivity index (χ4v) is 4.86. The monoisotopic (exact) mass is 507 g/mol. The van der Waals surface area contributed by atoms with Crippen LogP contribution >= 0.6 is 23.2 Å². The van der Waals surface area contributed by atoms with Crippen LogP contribution in [0.3, 0.4) is 0 Å². The maximum atomic E-state index is 13.0. The van der Waals surface area contributed by atoms with Crippen molar-refractivity contribution in [1.29, 1.82) is 0 Å². The highest BCUT2D eigenvalue weighted by Gasteiger charge is 2.19. The highest BCUT2D eigenvalue weighted by molar-refractivity contribution is 6.37. The quantitative estimate of drug-likeness (QED) is 0.290. The Morgan fingerprint density at radius 2 is 1.63 bits per heavy atom. The van der Waals surface area contributed by atoms with Crippen LogP contribution in [0, 0.1) is 20.8 Å². The molecule has 0 radical (unpaired) electrons. The van der Waals surface area contributed by atoms with Gasteiger partial charge in [-0.15, -0.1) is 0 Å². The fraction of sp³-hybridized carbons (Fsp3) is 0.214. The Hall–Kier alpha value is -3.28. The van der Waals surface area contributed by atoms with Crippen molar-refractivity contribution < 1.29 is 9.53 Å². The molecule has 1 N–H and O–H groups in total. The second-order valence-electron chi connectivity index (χ2n) is 8.44. The number of nitrogens with zero attached hydrogens (tertiary/aromatic N) is 2. The lowest BCUT2D eigenvalue weighted by molar-refractivity contribution is 0.0951. The summed E-state index contributed by atoms with van der Waals surface area (Å²) in [6.45, 7) is 8.82. The van der Waals surface area contributed by atoms with E-state index in [9.17, 15) is 4.79 Å². The molecule has 0 aliphatic carbocycles. The number of halogens is 2. The molecule has 0 spiro atoms. The van der Waals surface area contributed by atoms with E-state index >= 15 is 0 Å². The SMILES string of the molecule is CCOc1c(Cl)cc(C(=O)NCc2cn(-c3ccccc3)nc2-c2c(C)cc(C)cc2C)cc1Cl. The maximum Gasteiger partial charge on any atom is 0.251 e. The molecule has 4 aromatic rings. The molecule has 0 aliphatic rings. The number of ether oxygens (including phenoxy) is 1. The highest BCUT2D eigenvalue weighted by atomic mass is 35.5. The van der Waals surface area contributed by atoms with Gasteiger partial charge in [-0.2, -0.15) is 5.10 Å². The zero-order valence-electron chi connectivity index (χ0n) is 20.2. The maximum absolute atomic E-state index is 13.0. The van der Waals surface area contributed by atoms with Gasteiger partial charge in [-0.1, -0.05) is 59.1 Å². The van der Waals surface area contributed by atoms with Crippen molar-refractivity contribution in [2.45, 2.75) is 34.2 Å². The number of para-hydroxylation sites is 1. The van der Waals surface area contributed by atoms with Gasteiger partial charge in [-0.25, -0.2) is 4.68 Å². The molecule has 4 rings (SSSR count). The summed E-state index contributed by atoms with van der Waals surface area (Å²) in [5, 5.41) is 8.51. The van der Waals surface area contributed by atoms with Crippen molar-refractivity contribution in [3.05, 3.63) is 98.7 Å². The lowest BCUT2D eigenvalue weighted by Crippen LogP contribution is -2.23. The van der Waals surface area contributed by atoms with Gasteiger partial charge in [-0.3, -0.25) is 4.79 Å². The molecule has 0 bridgehead atoms. The Morgan fingerprint density at radius 1 is 1.00 bits per heavy atom. The molecule has 0 fully saturated rings. The average molecular weight is 508 g/mol. The first-order chi connectivity index (χ1) is 16.8. The van der Waals surface area contributed by atoms with E-state index in [1.807, 2.05) is 48.1 Å². The number of aryl methyl sites for hydroxylation is 3. The van der Waals surface area contributed by atoms with Crippen molar-refractivity contribution in [3.63, 3.8) is 0 Å². The second kappa shape index (κ2) is 10.5. The van der Waals surface area contributed by atoms with Crippen LogP contribution in [0.4, 0.5) is 0 Å². The first-order valence-electron chi connectivity index (χ1n) is 11.4. The Kier molecular flexibility index (Phi) is 7.48. The molecule has 1 amide bonds. The van der Waals surface area contributed by atoms with Gasteiger partial charge in [-0.05, 0) is 63.1 Å². The van der Waals surface area contributed by atoms with Gasteiger partial charge in [0.25, 0.3) is 5.91 Å². The van der Waals surface area contributed by atoms with Crippen molar-refractivity contribution in [2.24, 2.45) is 0 Å². The lowest BCUT2D eigenvalue weighted by atomic mass is 9.95. The molecule has 1 aromatic heterocycles. The summed E-state index contributed by atoms with van der Waals surface area (Å²) in [5.74, 6) is 0.0942. The molecular weight excluding hydrogens is 481 g/mol. The molecule has 180 valence electrons. The molecule has 0 unspecified atom stereocenters. The van der Waals surface area contributed by atoms with Gasteiger partial charge in [0, 0.05) is 29.4 Å². The zero-order valence-corrected chi connectivity index (χ0v) is 21.7. The van der Waals surface area contributed by atoms with Crippen molar-refractivity contribution >= 4 is 29.1 Å². The fourth-order valence-electron chi connectivity index (χ4n) is 4.27. The van der Waals surface area contributed by atoms with Crippen molar-refractivity contribution in [2.75, 3.05) is 6.61 Å². The minimum atomic E-state index is -0.285. The lowest BCUT2D eigenvalue weighted by Gasteiger charge is -2.12. The molecule has 0 saturated carbocycles. The van der Waals surface area contributed by atoms with Gasteiger partial charge >= 0.3 is 0 Å². The predicted octanol–water partition coefficient (Wildman–Crippen LogP) is 7.10.